The highest BCUT2D eigenvalue weighted by Gasteiger charge is 2.56. The Morgan fingerprint density at radius 3 is 1.78 bits per heavy atom. The maximum absolute atomic E-state index is 2.41. The van der Waals surface area contributed by atoms with E-state index < -0.39 is 0 Å². The normalized spacial score (nSPS) is 22.7. The number of nitrogens with zero attached hydrogens (tertiary/aromatic N) is 1. The van der Waals surface area contributed by atoms with E-state index in [4.69, 9.17) is 0 Å². The molecule has 0 saturated carbocycles. The lowest BCUT2D eigenvalue weighted by atomic mass is 9.59. The molecule has 0 heterocycles. The van der Waals surface area contributed by atoms with Crippen molar-refractivity contribution in [3.05, 3.63) is 29.3 Å². The maximum Gasteiger partial charge on any atom is 0.0364 e. The number of benzene rings is 1. The van der Waals surface area contributed by atoms with E-state index in [0.29, 0.717) is 0 Å². The van der Waals surface area contributed by atoms with Gasteiger partial charge in [0.05, 0.1) is 0 Å². The van der Waals surface area contributed by atoms with Crippen LogP contribution in [0.25, 0.3) is 0 Å². The molecule has 1 aliphatic carbocycles. The van der Waals surface area contributed by atoms with E-state index in [1.807, 2.05) is 0 Å². The van der Waals surface area contributed by atoms with Gasteiger partial charge in [-0.25, -0.2) is 0 Å². The standard InChI is InChI=1S/C17H27N/c1-15(2)13-10-9-12(18(7)8)11-14(13)16(3,4)17(15,5)6/h9-11H,1-8H3. The monoisotopic (exact) mass is 245 g/mol. The van der Waals surface area contributed by atoms with Crippen molar-refractivity contribution in [2.45, 2.75) is 52.4 Å². The second-order valence-electron chi connectivity index (χ2n) is 7.50. The van der Waals surface area contributed by atoms with Crippen molar-refractivity contribution in [2.75, 3.05) is 19.0 Å². The summed E-state index contributed by atoms with van der Waals surface area (Å²) in [6.45, 7) is 14.4. The highest BCUT2D eigenvalue weighted by Crippen LogP contribution is 2.61. The van der Waals surface area contributed by atoms with Crippen LogP contribution in [0.1, 0.15) is 52.7 Å². The second-order valence-corrected chi connectivity index (χ2v) is 7.50. The molecule has 1 nitrogen and oxygen atoms in total. The molecule has 0 fully saturated rings. The fourth-order valence-electron chi connectivity index (χ4n) is 3.33. The number of fused-ring (bicyclic) bond motifs is 1. The van der Waals surface area contributed by atoms with E-state index in [9.17, 15) is 0 Å². The Labute approximate surface area is 112 Å². The molecule has 0 N–H and O–H groups in total. The minimum atomic E-state index is 0.206. The minimum Gasteiger partial charge on any atom is -0.378 e. The van der Waals surface area contributed by atoms with Crippen LogP contribution < -0.4 is 4.90 Å². The molecule has 0 aliphatic heterocycles. The molecule has 0 unspecified atom stereocenters. The summed E-state index contributed by atoms with van der Waals surface area (Å²) < 4.78 is 0. The van der Waals surface area contributed by atoms with Crippen LogP contribution in [-0.4, -0.2) is 14.1 Å². The molecular formula is C17H27N. The summed E-state index contributed by atoms with van der Waals surface area (Å²) in [6, 6.07) is 6.96. The van der Waals surface area contributed by atoms with Crippen LogP contribution in [0.3, 0.4) is 0 Å². The third kappa shape index (κ3) is 1.39. The van der Waals surface area contributed by atoms with Crippen molar-refractivity contribution >= 4 is 5.69 Å². The van der Waals surface area contributed by atoms with Crippen molar-refractivity contribution in [3.63, 3.8) is 0 Å². The number of hydrogen-bond acceptors (Lipinski definition) is 1. The average Bonchev–Trinajstić information content (AvgIpc) is 2.36. The fourth-order valence-corrected chi connectivity index (χ4v) is 3.33. The van der Waals surface area contributed by atoms with Gasteiger partial charge in [0.1, 0.15) is 0 Å². The van der Waals surface area contributed by atoms with E-state index in [1.54, 1.807) is 0 Å². The molecule has 0 saturated heterocycles. The zero-order valence-corrected chi connectivity index (χ0v) is 13.2. The van der Waals surface area contributed by atoms with Crippen LogP contribution in [0.15, 0.2) is 18.2 Å². The van der Waals surface area contributed by atoms with Gasteiger partial charge < -0.3 is 4.90 Å². The van der Waals surface area contributed by atoms with Gasteiger partial charge >= 0.3 is 0 Å². The summed E-state index contributed by atoms with van der Waals surface area (Å²) in [7, 11) is 4.22. The first-order valence-corrected chi connectivity index (χ1v) is 6.86. The third-order valence-corrected chi connectivity index (χ3v) is 5.99. The molecule has 2 rings (SSSR count). The summed E-state index contributed by atoms with van der Waals surface area (Å²) in [5.74, 6) is 0. The summed E-state index contributed by atoms with van der Waals surface area (Å²) in [5, 5.41) is 0. The van der Waals surface area contributed by atoms with E-state index in [0.717, 1.165) is 0 Å². The summed E-state index contributed by atoms with van der Waals surface area (Å²) >= 11 is 0. The lowest BCUT2D eigenvalue weighted by molar-refractivity contribution is 0.125. The summed E-state index contributed by atoms with van der Waals surface area (Å²) in [5.41, 5.74) is 5.02. The van der Waals surface area contributed by atoms with Gasteiger partial charge in [0.25, 0.3) is 0 Å². The topological polar surface area (TPSA) is 3.24 Å². The highest BCUT2D eigenvalue weighted by atomic mass is 15.1. The Morgan fingerprint density at radius 1 is 0.778 bits per heavy atom. The van der Waals surface area contributed by atoms with Crippen molar-refractivity contribution in [1.29, 1.82) is 0 Å². The largest absolute Gasteiger partial charge is 0.378 e. The first-order valence-electron chi connectivity index (χ1n) is 6.86. The van der Waals surface area contributed by atoms with Gasteiger partial charge in [-0.3, -0.25) is 0 Å². The molecule has 100 valence electrons. The molecular weight excluding hydrogens is 218 g/mol. The third-order valence-electron chi connectivity index (χ3n) is 5.99. The molecule has 0 atom stereocenters. The first kappa shape index (κ1) is 13.5. The molecule has 0 aromatic heterocycles. The second kappa shape index (κ2) is 3.53. The number of anilines is 1. The van der Waals surface area contributed by atoms with E-state index in [1.165, 1.54) is 16.8 Å². The fraction of sp³-hybridized carbons (Fsp3) is 0.647. The SMILES string of the molecule is CN(C)c1ccc2c(c1)C(C)(C)C(C)(C)C2(C)C. The quantitative estimate of drug-likeness (QED) is 0.711. The van der Waals surface area contributed by atoms with Crippen LogP contribution >= 0.6 is 0 Å². The number of rotatable bonds is 1. The van der Waals surface area contributed by atoms with Crippen molar-refractivity contribution in [1.82, 2.24) is 0 Å². The Bertz CT molecular complexity index is 478. The summed E-state index contributed by atoms with van der Waals surface area (Å²) in [4.78, 5) is 2.19. The molecule has 0 radical (unpaired) electrons. The van der Waals surface area contributed by atoms with E-state index in [-0.39, 0.29) is 16.2 Å². The lowest BCUT2D eigenvalue weighted by Gasteiger charge is -2.44. The van der Waals surface area contributed by atoms with Crippen molar-refractivity contribution < 1.29 is 0 Å². The Kier molecular flexibility index (Phi) is 2.63. The van der Waals surface area contributed by atoms with E-state index >= 15 is 0 Å². The minimum absolute atomic E-state index is 0.206. The molecule has 1 heteroatoms. The van der Waals surface area contributed by atoms with Crippen LogP contribution in [0.5, 0.6) is 0 Å². The van der Waals surface area contributed by atoms with Gasteiger partial charge in [-0.05, 0) is 39.5 Å². The number of hydrogen-bond donors (Lipinski definition) is 0. The summed E-state index contributed by atoms with van der Waals surface area (Å²) in [6.07, 6.45) is 0. The Hall–Kier alpha value is -0.980. The van der Waals surface area contributed by atoms with E-state index in [2.05, 4.69) is 78.7 Å². The molecule has 1 aliphatic rings. The molecule has 0 spiro atoms. The molecule has 0 bridgehead atoms. The predicted molar refractivity (Wildman–Crippen MR) is 80.6 cm³/mol. The van der Waals surface area contributed by atoms with Crippen LogP contribution in [0.4, 0.5) is 5.69 Å². The molecule has 18 heavy (non-hydrogen) atoms. The molecule has 1 aromatic carbocycles. The van der Waals surface area contributed by atoms with Crippen molar-refractivity contribution in [2.24, 2.45) is 5.41 Å². The van der Waals surface area contributed by atoms with Crippen LogP contribution in [-0.2, 0) is 10.8 Å². The van der Waals surface area contributed by atoms with Gasteiger partial charge in [0, 0.05) is 19.8 Å². The van der Waals surface area contributed by atoms with Gasteiger partial charge in [-0.2, -0.15) is 0 Å². The molecule has 0 amide bonds. The zero-order chi connectivity index (χ0) is 13.9. The van der Waals surface area contributed by atoms with Crippen LogP contribution in [0, 0.1) is 5.41 Å². The molecule has 1 aromatic rings. The maximum atomic E-state index is 2.41. The first-order chi connectivity index (χ1) is 8.03. The highest BCUT2D eigenvalue weighted by molar-refractivity contribution is 5.57. The Morgan fingerprint density at radius 2 is 1.28 bits per heavy atom. The van der Waals surface area contributed by atoms with Gasteiger partial charge in [0.15, 0.2) is 0 Å². The van der Waals surface area contributed by atoms with Crippen molar-refractivity contribution in [3.8, 4) is 0 Å². The van der Waals surface area contributed by atoms with Gasteiger partial charge in [0.2, 0.25) is 0 Å². The average molecular weight is 245 g/mol. The Balaban J connectivity index is 2.72. The lowest BCUT2D eigenvalue weighted by Crippen LogP contribution is -2.42. The predicted octanol–water partition coefficient (Wildman–Crippen LogP) is 4.35. The zero-order valence-electron chi connectivity index (χ0n) is 13.2. The van der Waals surface area contributed by atoms with Gasteiger partial charge in [-0.15, -0.1) is 0 Å². The van der Waals surface area contributed by atoms with Crippen LogP contribution in [0.2, 0.25) is 0 Å². The smallest absolute Gasteiger partial charge is 0.0364 e. The van der Waals surface area contributed by atoms with Gasteiger partial charge in [-0.1, -0.05) is 47.6 Å².